The average Bonchev–Trinajstić information content (AvgIpc) is 2.86. The molecule has 2 aromatic rings. The fourth-order valence-electron chi connectivity index (χ4n) is 2.71. The third-order valence-corrected chi connectivity index (χ3v) is 3.93. The standard InChI is InChI=1S/C19H15N3O4/c1-2-26-16-10-6-5-9-15(16)22-18(24)17(23)21(19(22)25)12-14-8-4-3-7-13(14)11-20/h3-10H,2,12H2,1H3. The van der Waals surface area contributed by atoms with Crippen LogP contribution in [0.15, 0.2) is 48.5 Å². The van der Waals surface area contributed by atoms with Crippen molar-refractivity contribution < 1.29 is 19.1 Å². The van der Waals surface area contributed by atoms with Gasteiger partial charge in [0.25, 0.3) is 0 Å². The molecule has 0 bridgehead atoms. The number of hydrogen-bond donors (Lipinski definition) is 0. The van der Waals surface area contributed by atoms with Crippen LogP contribution in [-0.2, 0) is 16.1 Å². The predicted octanol–water partition coefficient (Wildman–Crippen LogP) is 2.45. The molecule has 3 rings (SSSR count). The summed E-state index contributed by atoms with van der Waals surface area (Å²) in [5.74, 6) is -1.55. The van der Waals surface area contributed by atoms with Crippen LogP contribution in [-0.4, -0.2) is 29.4 Å². The highest BCUT2D eigenvalue weighted by Gasteiger charge is 2.46. The van der Waals surface area contributed by atoms with Gasteiger partial charge >= 0.3 is 17.8 Å². The molecule has 0 N–H and O–H groups in total. The summed E-state index contributed by atoms with van der Waals surface area (Å²) >= 11 is 0. The van der Waals surface area contributed by atoms with E-state index in [4.69, 9.17) is 10.00 Å². The summed E-state index contributed by atoms with van der Waals surface area (Å²) in [7, 11) is 0. The SMILES string of the molecule is CCOc1ccccc1N1C(=O)C(=O)N(Cc2ccccc2C#N)C1=O. The molecule has 0 atom stereocenters. The first-order valence-corrected chi connectivity index (χ1v) is 7.98. The lowest BCUT2D eigenvalue weighted by Crippen LogP contribution is -2.33. The van der Waals surface area contributed by atoms with Gasteiger partial charge < -0.3 is 4.74 Å². The molecule has 1 heterocycles. The van der Waals surface area contributed by atoms with Gasteiger partial charge in [0.15, 0.2) is 0 Å². The Morgan fingerprint density at radius 1 is 1.00 bits per heavy atom. The molecule has 0 spiro atoms. The maximum atomic E-state index is 12.8. The molecule has 1 aliphatic rings. The Morgan fingerprint density at radius 3 is 2.42 bits per heavy atom. The molecular formula is C19H15N3O4. The van der Waals surface area contributed by atoms with Crippen LogP contribution in [0.4, 0.5) is 10.5 Å². The van der Waals surface area contributed by atoms with Crippen molar-refractivity contribution in [1.29, 1.82) is 5.26 Å². The summed E-state index contributed by atoms with van der Waals surface area (Å²) in [5, 5.41) is 9.17. The summed E-state index contributed by atoms with van der Waals surface area (Å²) in [6.07, 6.45) is 0. The zero-order valence-electron chi connectivity index (χ0n) is 14.0. The number of urea groups is 1. The van der Waals surface area contributed by atoms with E-state index in [1.807, 2.05) is 6.07 Å². The lowest BCUT2D eigenvalue weighted by molar-refractivity contribution is -0.139. The van der Waals surface area contributed by atoms with E-state index in [-0.39, 0.29) is 12.2 Å². The van der Waals surface area contributed by atoms with Crippen LogP contribution in [0.2, 0.25) is 0 Å². The molecule has 130 valence electrons. The third-order valence-electron chi connectivity index (χ3n) is 3.93. The molecule has 0 unspecified atom stereocenters. The van der Waals surface area contributed by atoms with Crippen LogP contribution < -0.4 is 9.64 Å². The van der Waals surface area contributed by atoms with Crippen molar-refractivity contribution in [2.24, 2.45) is 0 Å². The Hall–Kier alpha value is -3.66. The topological polar surface area (TPSA) is 90.7 Å². The number of ether oxygens (including phenoxy) is 1. The van der Waals surface area contributed by atoms with Crippen LogP contribution in [0.25, 0.3) is 0 Å². The van der Waals surface area contributed by atoms with Crippen molar-refractivity contribution in [3.05, 3.63) is 59.7 Å². The molecule has 2 aromatic carbocycles. The van der Waals surface area contributed by atoms with Crippen LogP contribution in [0.5, 0.6) is 5.75 Å². The molecule has 0 saturated carbocycles. The summed E-state index contributed by atoms with van der Waals surface area (Å²) in [5.41, 5.74) is 1.05. The zero-order chi connectivity index (χ0) is 18.7. The number of para-hydroxylation sites is 2. The monoisotopic (exact) mass is 349 g/mol. The average molecular weight is 349 g/mol. The highest BCUT2D eigenvalue weighted by molar-refractivity contribution is 6.52. The Kier molecular flexibility index (Phi) is 4.67. The number of imide groups is 2. The molecule has 0 radical (unpaired) electrons. The number of benzene rings is 2. The minimum atomic E-state index is -0.948. The molecule has 26 heavy (non-hydrogen) atoms. The van der Waals surface area contributed by atoms with E-state index in [9.17, 15) is 14.4 Å². The second-order valence-electron chi connectivity index (χ2n) is 5.48. The highest BCUT2D eigenvalue weighted by atomic mass is 16.5. The Morgan fingerprint density at radius 2 is 1.69 bits per heavy atom. The molecule has 1 saturated heterocycles. The van der Waals surface area contributed by atoms with Gasteiger partial charge in [-0.3, -0.25) is 14.5 Å². The fraction of sp³-hybridized carbons (Fsp3) is 0.158. The van der Waals surface area contributed by atoms with Crippen LogP contribution in [0.1, 0.15) is 18.1 Å². The van der Waals surface area contributed by atoms with E-state index in [0.717, 1.165) is 9.80 Å². The summed E-state index contributed by atoms with van der Waals surface area (Å²) in [6.45, 7) is 1.97. The van der Waals surface area contributed by atoms with E-state index in [1.54, 1.807) is 55.5 Å². The smallest absolute Gasteiger partial charge is 0.339 e. The van der Waals surface area contributed by atoms with Gasteiger partial charge in [-0.1, -0.05) is 30.3 Å². The lowest BCUT2D eigenvalue weighted by Gasteiger charge is -2.18. The van der Waals surface area contributed by atoms with Crippen molar-refractivity contribution in [2.75, 3.05) is 11.5 Å². The third kappa shape index (κ3) is 2.89. The minimum absolute atomic E-state index is 0.152. The van der Waals surface area contributed by atoms with Crippen molar-refractivity contribution in [1.82, 2.24) is 4.90 Å². The number of carbonyl (C=O) groups excluding carboxylic acids is 3. The molecule has 1 aliphatic heterocycles. The van der Waals surface area contributed by atoms with E-state index in [2.05, 4.69) is 0 Å². The quantitative estimate of drug-likeness (QED) is 0.611. The molecule has 4 amide bonds. The molecule has 7 heteroatoms. The number of nitriles is 1. The van der Waals surface area contributed by atoms with Crippen molar-refractivity contribution >= 4 is 23.5 Å². The summed E-state index contributed by atoms with van der Waals surface area (Å²) in [4.78, 5) is 39.2. The molecule has 0 aliphatic carbocycles. The molecular weight excluding hydrogens is 334 g/mol. The van der Waals surface area contributed by atoms with Gasteiger partial charge in [-0.2, -0.15) is 5.26 Å². The molecule has 0 aromatic heterocycles. The lowest BCUT2D eigenvalue weighted by atomic mass is 10.1. The van der Waals surface area contributed by atoms with Gasteiger partial charge in [0.05, 0.1) is 30.5 Å². The molecule has 7 nitrogen and oxygen atoms in total. The highest BCUT2D eigenvalue weighted by Crippen LogP contribution is 2.32. The van der Waals surface area contributed by atoms with Gasteiger partial charge in [0, 0.05) is 0 Å². The maximum absolute atomic E-state index is 12.8. The predicted molar refractivity (Wildman–Crippen MR) is 92.2 cm³/mol. The van der Waals surface area contributed by atoms with Gasteiger partial charge in [0.1, 0.15) is 5.75 Å². The summed E-state index contributed by atoms with van der Waals surface area (Å²) < 4.78 is 5.45. The number of nitrogens with zero attached hydrogens (tertiary/aromatic N) is 3. The second kappa shape index (κ2) is 7.07. The first-order valence-electron chi connectivity index (χ1n) is 7.98. The number of rotatable bonds is 5. The minimum Gasteiger partial charge on any atom is -0.492 e. The fourth-order valence-corrected chi connectivity index (χ4v) is 2.71. The van der Waals surface area contributed by atoms with Crippen LogP contribution >= 0.6 is 0 Å². The number of carbonyl (C=O) groups is 3. The first kappa shape index (κ1) is 17.2. The van der Waals surface area contributed by atoms with E-state index in [0.29, 0.717) is 23.5 Å². The van der Waals surface area contributed by atoms with Gasteiger partial charge in [0.2, 0.25) is 0 Å². The maximum Gasteiger partial charge on any atom is 0.339 e. The van der Waals surface area contributed by atoms with E-state index >= 15 is 0 Å². The Balaban J connectivity index is 1.95. The van der Waals surface area contributed by atoms with Gasteiger partial charge in [-0.25, -0.2) is 9.69 Å². The Bertz CT molecular complexity index is 932. The normalized spacial score (nSPS) is 13.9. The largest absolute Gasteiger partial charge is 0.492 e. The first-order chi connectivity index (χ1) is 12.6. The number of amides is 4. The van der Waals surface area contributed by atoms with Crippen molar-refractivity contribution in [2.45, 2.75) is 13.5 Å². The van der Waals surface area contributed by atoms with Crippen molar-refractivity contribution in [3.63, 3.8) is 0 Å². The zero-order valence-corrected chi connectivity index (χ0v) is 14.0. The summed E-state index contributed by atoms with van der Waals surface area (Å²) in [6, 6.07) is 14.4. The Labute approximate surface area is 150 Å². The number of hydrogen-bond acceptors (Lipinski definition) is 5. The van der Waals surface area contributed by atoms with Gasteiger partial charge in [-0.05, 0) is 30.7 Å². The second-order valence-corrected chi connectivity index (χ2v) is 5.48. The van der Waals surface area contributed by atoms with Gasteiger partial charge in [-0.15, -0.1) is 0 Å². The molecule has 1 fully saturated rings. The number of anilines is 1. The van der Waals surface area contributed by atoms with E-state index < -0.39 is 17.8 Å². The van der Waals surface area contributed by atoms with Crippen molar-refractivity contribution in [3.8, 4) is 11.8 Å². The van der Waals surface area contributed by atoms with Crippen LogP contribution in [0.3, 0.4) is 0 Å². The van der Waals surface area contributed by atoms with E-state index in [1.165, 1.54) is 0 Å². The van der Waals surface area contributed by atoms with Crippen LogP contribution in [0, 0.1) is 11.3 Å².